The van der Waals surface area contributed by atoms with Crippen LogP contribution in [0.2, 0.25) is 0 Å². The van der Waals surface area contributed by atoms with Gasteiger partial charge in [0.15, 0.2) is 0 Å². The van der Waals surface area contributed by atoms with Gasteiger partial charge in [-0.1, -0.05) is 18.2 Å². The van der Waals surface area contributed by atoms with Gasteiger partial charge in [-0.25, -0.2) is 0 Å². The van der Waals surface area contributed by atoms with Crippen LogP contribution in [0.15, 0.2) is 24.3 Å². The van der Waals surface area contributed by atoms with Crippen LogP contribution in [0.3, 0.4) is 0 Å². The zero-order valence-corrected chi connectivity index (χ0v) is 12.0. The normalized spacial score (nSPS) is 13.9. The van der Waals surface area contributed by atoms with E-state index >= 15 is 0 Å². The molecule has 2 amide bonds. The standard InChI is InChI=1S/C15H21N3O2/c1-11(19)18(2)10-12-5-3-4-6-14(12)17-15(20)9-16-13-7-8-13/h3-6,13,16H,7-10H2,1-2H3,(H,17,20). The Hall–Kier alpha value is -1.88. The van der Waals surface area contributed by atoms with Gasteiger partial charge in [-0.05, 0) is 24.5 Å². The first kappa shape index (κ1) is 14.5. The summed E-state index contributed by atoms with van der Waals surface area (Å²) in [5.41, 5.74) is 1.70. The molecule has 0 atom stereocenters. The van der Waals surface area contributed by atoms with Crippen molar-refractivity contribution < 1.29 is 9.59 Å². The molecule has 1 aromatic rings. The quantitative estimate of drug-likeness (QED) is 0.824. The minimum atomic E-state index is -0.0465. The first-order valence-electron chi connectivity index (χ1n) is 6.89. The largest absolute Gasteiger partial charge is 0.342 e. The van der Waals surface area contributed by atoms with E-state index in [4.69, 9.17) is 0 Å². The monoisotopic (exact) mass is 275 g/mol. The van der Waals surface area contributed by atoms with Crippen LogP contribution in [0.4, 0.5) is 5.69 Å². The van der Waals surface area contributed by atoms with E-state index in [2.05, 4.69) is 10.6 Å². The summed E-state index contributed by atoms with van der Waals surface area (Å²) in [5.74, 6) is -0.0450. The topological polar surface area (TPSA) is 61.4 Å². The average molecular weight is 275 g/mol. The minimum Gasteiger partial charge on any atom is -0.342 e. The Balaban J connectivity index is 1.95. The Morgan fingerprint density at radius 2 is 2.00 bits per heavy atom. The molecule has 1 fully saturated rings. The molecule has 1 aliphatic carbocycles. The van der Waals surface area contributed by atoms with Crippen molar-refractivity contribution in [2.24, 2.45) is 0 Å². The highest BCUT2D eigenvalue weighted by molar-refractivity contribution is 5.93. The first-order valence-corrected chi connectivity index (χ1v) is 6.89. The van der Waals surface area contributed by atoms with E-state index in [1.807, 2.05) is 24.3 Å². The molecule has 20 heavy (non-hydrogen) atoms. The number of benzene rings is 1. The fourth-order valence-corrected chi connectivity index (χ4v) is 1.87. The second-order valence-electron chi connectivity index (χ2n) is 5.24. The molecule has 1 aromatic carbocycles. The van der Waals surface area contributed by atoms with Gasteiger partial charge in [0, 0.05) is 32.2 Å². The fourth-order valence-electron chi connectivity index (χ4n) is 1.87. The summed E-state index contributed by atoms with van der Waals surface area (Å²) in [5, 5.41) is 6.08. The summed E-state index contributed by atoms with van der Waals surface area (Å²) >= 11 is 0. The van der Waals surface area contributed by atoms with Gasteiger partial charge in [0.2, 0.25) is 11.8 Å². The molecule has 1 saturated carbocycles. The second kappa shape index (κ2) is 6.52. The van der Waals surface area contributed by atoms with Gasteiger partial charge in [0.25, 0.3) is 0 Å². The number of hydrogen-bond acceptors (Lipinski definition) is 3. The number of hydrogen-bond donors (Lipinski definition) is 2. The molecule has 0 unspecified atom stereocenters. The molecular formula is C15H21N3O2. The number of para-hydroxylation sites is 1. The number of amides is 2. The lowest BCUT2D eigenvalue weighted by Crippen LogP contribution is -2.30. The molecular weight excluding hydrogens is 254 g/mol. The summed E-state index contributed by atoms with van der Waals surface area (Å²) in [6.45, 7) is 2.35. The molecule has 2 rings (SSSR count). The Morgan fingerprint density at radius 1 is 1.30 bits per heavy atom. The molecule has 5 nitrogen and oxygen atoms in total. The third-order valence-corrected chi connectivity index (χ3v) is 3.37. The van der Waals surface area contributed by atoms with Crippen LogP contribution in [-0.2, 0) is 16.1 Å². The van der Waals surface area contributed by atoms with Crippen LogP contribution in [0.25, 0.3) is 0 Å². The maximum atomic E-state index is 11.9. The van der Waals surface area contributed by atoms with Crippen LogP contribution in [0.5, 0.6) is 0 Å². The van der Waals surface area contributed by atoms with Crippen molar-refractivity contribution in [3.8, 4) is 0 Å². The van der Waals surface area contributed by atoms with Crippen LogP contribution in [0.1, 0.15) is 25.3 Å². The molecule has 2 N–H and O–H groups in total. The lowest BCUT2D eigenvalue weighted by atomic mass is 10.1. The van der Waals surface area contributed by atoms with Crippen LogP contribution >= 0.6 is 0 Å². The van der Waals surface area contributed by atoms with Crippen molar-refractivity contribution in [1.82, 2.24) is 10.2 Å². The van der Waals surface area contributed by atoms with E-state index in [1.54, 1.807) is 11.9 Å². The maximum absolute atomic E-state index is 11.9. The van der Waals surface area contributed by atoms with Crippen molar-refractivity contribution in [3.63, 3.8) is 0 Å². The summed E-state index contributed by atoms with van der Waals surface area (Å²) in [7, 11) is 1.75. The number of carbonyl (C=O) groups excluding carboxylic acids is 2. The molecule has 0 radical (unpaired) electrons. The van der Waals surface area contributed by atoms with E-state index in [1.165, 1.54) is 6.92 Å². The van der Waals surface area contributed by atoms with Crippen molar-refractivity contribution in [2.45, 2.75) is 32.4 Å². The fraction of sp³-hybridized carbons (Fsp3) is 0.467. The number of rotatable bonds is 6. The van der Waals surface area contributed by atoms with Gasteiger partial charge >= 0.3 is 0 Å². The van der Waals surface area contributed by atoms with Gasteiger partial charge in [0.05, 0.1) is 6.54 Å². The summed E-state index contributed by atoms with van der Waals surface area (Å²) < 4.78 is 0. The predicted molar refractivity (Wildman–Crippen MR) is 78.2 cm³/mol. The molecule has 0 bridgehead atoms. The molecule has 1 aliphatic rings. The van der Waals surface area contributed by atoms with Crippen LogP contribution in [0, 0.1) is 0 Å². The van der Waals surface area contributed by atoms with E-state index in [-0.39, 0.29) is 11.8 Å². The van der Waals surface area contributed by atoms with Gasteiger partial charge in [-0.15, -0.1) is 0 Å². The summed E-state index contributed by atoms with van der Waals surface area (Å²) in [4.78, 5) is 24.8. The molecule has 0 aliphatic heterocycles. The number of carbonyl (C=O) groups is 2. The van der Waals surface area contributed by atoms with Gasteiger partial charge in [-0.3, -0.25) is 9.59 Å². The molecule has 108 valence electrons. The second-order valence-corrected chi connectivity index (χ2v) is 5.24. The highest BCUT2D eigenvalue weighted by atomic mass is 16.2. The van der Waals surface area contributed by atoms with E-state index in [0.717, 1.165) is 24.1 Å². The molecule has 0 heterocycles. The van der Waals surface area contributed by atoms with Crippen molar-refractivity contribution in [2.75, 3.05) is 18.9 Å². The van der Waals surface area contributed by atoms with Crippen LogP contribution < -0.4 is 10.6 Å². The lowest BCUT2D eigenvalue weighted by molar-refractivity contribution is -0.128. The molecule has 0 aromatic heterocycles. The SMILES string of the molecule is CC(=O)N(C)Cc1ccccc1NC(=O)CNC1CC1. The molecule has 0 spiro atoms. The highest BCUT2D eigenvalue weighted by Crippen LogP contribution is 2.19. The zero-order chi connectivity index (χ0) is 14.5. The van der Waals surface area contributed by atoms with Crippen molar-refractivity contribution in [1.29, 1.82) is 0 Å². The highest BCUT2D eigenvalue weighted by Gasteiger charge is 2.21. The Labute approximate surface area is 119 Å². The summed E-state index contributed by atoms with van der Waals surface area (Å²) in [6, 6.07) is 8.07. The van der Waals surface area contributed by atoms with Crippen LogP contribution in [-0.4, -0.2) is 36.3 Å². The number of anilines is 1. The smallest absolute Gasteiger partial charge is 0.238 e. The Kier molecular flexibility index (Phi) is 4.74. The third kappa shape index (κ3) is 4.35. The van der Waals surface area contributed by atoms with Gasteiger partial charge < -0.3 is 15.5 Å². The third-order valence-electron chi connectivity index (χ3n) is 3.37. The molecule has 5 heteroatoms. The lowest BCUT2D eigenvalue weighted by Gasteiger charge is -2.18. The Bertz CT molecular complexity index is 498. The zero-order valence-electron chi connectivity index (χ0n) is 12.0. The van der Waals surface area contributed by atoms with Gasteiger partial charge in [0.1, 0.15) is 0 Å². The van der Waals surface area contributed by atoms with Crippen molar-refractivity contribution in [3.05, 3.63) is 29.8 Å². The summed E-state index contributed by atoms with van der Waals surface area (Å²) in [6.07, 6.45) is 2.32. The average Bonchev–Trinajstić information content (AvgIpc) is 3.22. The molecule has 0 saturated heterocycles. The first-order chi connectivity index (χ1) is 9.56. The number of nitrogens with one attached hydrogen (secondary N) is 2. The van der Waals surface area contributed by atoms with E-state index < -0.39 is 0 Å². The minimum absolute atomic E-state index is 0.00142. The maximum Gasteiger partial charge on any atom is 0.238 e. The van der Waals surface area contributed by atoms with Gasteiger partial charge in [-0.2, -0.15) is 0 Å². The van der Waals surface area contributed by atoms with E-state index in [9.17, 15) is 9.59 Å². The number of nitrogens with zero attached hydrogens (tertiary/aromatic N) is 1. The predicted octanol–water partition coefficient (Wildman–Crippen LogP) is 1.36. The Morgan fingerprint density at radius 3 is 2.65 bits per heavy atom. The van der Waals surface area contributed by atoms with Crippen molar-refractivity contribution >= 4 is 17.5 Å². The van der Waals surface area contributed by atoms with E-state index in [0.29, 0.717) is 19.1 Å².